The van der Waals surface area contributed by atoms with Gasteiger partial charge in [-0.3, -0.25) is 4.79 Å². The number of hydrogen-bond donors (Lipinski definition) is 1. The molecule has 0 fully saturated rings. The molecule has 8 heteroatoms. The SMILES string of the molecule is C[C@@H](OC(=O)COc1cccc(Cl)c1)C(=O)Nc1ccc2c(c1)OCO2. The van der Waals surface area contributed by atoms with Gasteiger partial charge >= 0.3 is 5.97 Å². The standard InChI is InChI=1S/C18H16ClNO6/c1-11(26-17(21)9-23-14-4-2-3-12(19)7-14)18(22)20-13-5-6-15-16(8-13)25-10-24-15/h2-8,11H,9-10H2,1H3,(H,20,22)/t11-/m1/s1. The van der Waals surface area contributed by atoms with Gasteiger partial charge in [0, 0.05) is 16.8 Å². The molecule has 1 heterocycles. The van der Waals surface area contributed by atoms with Gasteiger partial charge in [-0.25, -0.2) is 4.79 Å². The topological polar surface area (TPSA) is 83.1 Å². The molecule has 0 spiro atoms. The molecule has 1 aliphatic rings. The van der Waals surface area contributed by atoms with Crippen molar-refractivity contribution in [3.63, 3.8) is 0 Å². The Morgan fingerprint density at radius 2 is 2.00 bits per heavy atom. The lowest BCUT2D eigenvalue weighted by Crippen LogP contribution is -2.31. The molecule has 0 bridgehead atoms. The second kappa shape index (κ2) is 7.97. The number of carbonyl (C=O) groups excluding carboxylic acids is 2. The van der Waals surface area contributed by atoms with Crippen LogP contribution in [0.1, 0.15) is 6.92 Å². The zero-order valence-electron chi connectivity index (χ0n) is 13.9. The average molecular weight is 378 g/mol. The van der Waals surface area contributed by atoms with E-state index in [2.05, 4.69) is 5.32 Å². The van der Waals surface area contributed by atoms with Gasteiger partial charge < -0.3 is 24.3 Å². The third kappa shape index (κ3) is 4.58. The van der Waals surface area contributed by atoms with Crippen molar-refractivity contribution in [2.45, 2.75) is 13.0 Å². The molecule has 1 atom stereocenters. The molecule has 136 valence electrons. The van der Waals surface area contributed by atoms with Crippen molar-refractivity contribution < 1.29 is 28.5 Å². The third-order valence-electron chi connectivity index (χ3n) is 3.47. The highest BCUT2D eigenvalue weighted by Gasteiger charge is 2.20. The number of ether oxygens (including phenoxy) is 4. The fourth-order valence-corrected chi connectivity index (χ4v) is 2.38. The first-order valence-electron chi connectivity index (χ1n) is 7.79. The molecule has 0 unspecified atom stereocenters. The number of esters is 1. The van der Waals surface area contributed by atoms with Crippen molar-refractivity contribution in [1.82, 2.24) is 0 Å². The highest BCUT2D eigenvalue weighted by Crippen LogP contribution is 2.34. The van der Waals surface area contributed by atoms with Crippen molar-refractivity contribution in [1.29, 1.82) is 0 Å². The Balaban J connectivity index is 1.48. The Hall–Kier alpha value is -2.93. The van der Waals surface area contributed by atoms with Crippen LogP contribution in [0.5, 0.6) is 17.2 Å². The third-order valence-corrected chi connectivity index (χ3v) is 3.71. The molecule has 0 aromatic heterocycles. The lowest BCUT2D eigenvalue weighted by Gasteiger charge is -2.14. The number of fused-ring (bicyclic) bond motifs is 1. The minimum Gasteiger partial charge on any atom is -0.482 e. The number of rotatable bonds is 6. The lowest BCUT2D eigenvalue weighted by molar-refractivity contribution is -0.155. The van der Waals surface area contributed by atoms with Crippen LogP contribution in [0.25, 0.3) is 0 Å². The summed E-state index contributed by atoms with van der Waals surface area (Å²) in [6.07, 6.45) is -0.990. The van der Waals surface area contributed by atoms with Crippen LogP contribution >= 0.6 is 11.6 Å². The Labute approximate surface area is 154 Å². The maximum absolute atomic E-state index is 12.1. The summed E-state index contributed by atoms with van der Waals surface area (Å²) in [5.74, 6) is 0.452. The molecule has 2 aromatic rings. The van der Waals surface area contributed by atoms with E-state index in [0.717, 1.165) is 0 Å². The van der Waals surface area contributed by atoms with Crippen LogP contribution in [0.3, 0.4) is 0 Å². The van der Waals surface area contributed by atoms with E-state index in [9.17, 15) is 9.59 Å². The maximum atomic E-state index is 12.1. The first kappa shape index (κ1) is 17.9. The van der Waals surface area contributed by atoms with Gasteiger partial charge in [0.2, 0.25) is 6.79 Å². The van der Waals surface area contributed by atoms with E-state index in [1.807, 2.05) is 0 Å². The van der Waals surface area contributed by atoms with E-state index in [-0.39, 0.29) is 13.4 Å². The lowest BCUT2D eigenvalue weighted by atomic mass is 10.2. The predicted octanol–water partition coefficient (Wildman–Crippen LogP) is 3.02. The summed E-state index contributed by atoms with van der Waals surface area (Å²) in [6.45, 7) is 1.29. The Bertz CT molecular complexity index is 825. The molecule has 2 aromatic carbocycles. The molecular formula is C18H16ClNO6. The molecule has 1 aliphatic heterocycles. The predicted molar refractivity (Wildman–Crippen MR) is 93.7 cm³/mol. The minimum absolute atomic E-state index is 0.146. The van der Waals surface area contributed by atoms with Crippen molar-refractivity contribution in [3.8, 4) is 17.2 Å². The zero-order chi connectivity index (χ0) is 18.5. The summed E-state index contributed by atoms with van der Waals surface area (Å²) in [5, 5.41) is 3.14. The highest BCUT2D eigenvalue weighted by atomic mass is 35.5. The number of anilines is 1. The summed E-state index contributed by atoms with van der Waals surface area (Å²) < 4.78 is 20.8. The summed E-state index contributed by atoms with van der Waals surface area (Å²) in [7, 11) is 0. The Kier molecular flexibility index (Phi) is 5.48. The van der Waals surface area contributed by atoms with E-state index in [1.165, 1.54) is 6.92 Å². The van der Waals surface area contributed by atoms with Crippen molar-refractivity contribution in [2.24, 2.45) is 0 Å². The van der Waals surface area contributed by atoms with Crippen LogP contribution in [-0.2, 0) is 14.3 Å². The van der Waals surface area contributed by atoms with Crippen molar-refractivity contribution >= 4 is 29.2 Å². The Morgan fingerprint density at radius 1 is 1.19 bits per heavy atom. The van der Waals surface area contributed by atoms with Crippen LogP contribution in [0, 0.1) is 0 Å². The molecular weight excluding hydrogens is 362 g/mol. The molecule has 0 saturated heterocycles. The summed E-state index contributed by atoms with van der Waals surface area (Å²) in [5.41, 5.74) is 0.511. The van der Waals surface area contributed by atoms with Crippen molar-refractivity contribution in [3.05, 3.63) is 47.5 Å². The molecule has 0 radical (unpaired) electrons. The summed E-state index contributed by atoms with van der Waals surface area (Å²) in [6, 6.07) is 11.6. The molecule has 1 amide bonds. The first-order valence-corrected chi connectivity index (χ1v) is 8.17. The van der Waals surface area contributed by atoms with E-state index >= 15 is 0 Å². The van der Waals surface area contributed by atoms with E-state index < -0.39 is 18.0 Å². The number of halogens is 1. The fourth-order valence-electron chi connectivity index (χ4n) is 2.20. The van der Waals surface area contributed by atoms with Crippen molar-refractivity contribution in [2.75, 3.05) is 18.7 Å². The van der Waals surface area contributed by atoms with Gasteiger partial charge in [0.15, 0.2) is 24.2 Å². The molecule has 0 saturated carbocycles. The summed E-state index contributed by atoms with van der Waals surface area (Å²) >= 11 is 5.83. The minimum atomic E-state index is -0.990. The number of hydrogen-bond acceptors (Lipinski definition) is 6. The zero-order valence-corrected chi connectivity index (χ0v) is 14.6. The molecule has 7 nitrogen and oxygen atoms in total. The van der Waals surface area contributed by atoms with Gasteiger partial charge in [-0.05, 0) is 37.3 Å². The second-order valence-electron chi connectivity index (χ2n) is 5.44. The number of benzene rings is 2. The van der Waals surface area contributed by atoms with Crippen LogP contribution in [-0.4, -0.2) is 31.4 Å². The fraction of sp³-hybridized carbons (Fsp3) is 0.222. The van der Waals surface area contributed by atoms with Gasteiger partial charge in [-0.15, -0.1) is 0 Å². The summed E-state index contributed by atoms with van der Waals surface area (Å²) in [4.78, 5) is 24.0. The van der Waals surface area contributed by atoms with Gasteiger partial charge in [0.1, 0.15) is 5.75 Å². The van der Waals surface area contributed by atoms with E-state index in [0.29, 0.717) is 28.0 Å². The second-order valence-corrected chi connectivity index (χ2v) is 5.87. The smallest absolute Gasteiger partial charge is 0.344 e. The van der Waals surface area contributed by atoms with Gasteiger partial charge in [-0.1, -0.05) is 17.7 Å². The van der Waals surface area contributed by atoms with Gasteiger partial charge in [0.05, 0.1) is 0 Å². The van der Waals surface area contributed by atoms with Crippen LogP contribution in [0.4, 0.5) is 5.69 Å². The first-order chi connectivity index (χ1) is 12.5. The van der Waals surface area contributed by atoms with Crippen LogP contribution < -0.4 is 19.5 Å². The number of amides is 1. The molecule has 1 N–H and O–H groups in total. The average Bonchev–Trinajstić information content (AvgIpc) is 3.07. The van der Waals surface area contributed by atoms with Gasteiger partial charge in [-0.2, -0.15) is 0 Å². The van der Waals surface area contributed by atoms with Crippen LogP contribution in [0.2, 0.25) is 5.02 Å². The maximum Gasteiger partial charge on any atom is 0.344 e. The largest absolute Gasteiger partial charge is 0.482 e. The number of carbonyl (C=O) groups is 2. The normalized spacial score (nSPS) is 13.0. The quantitative estimate of drug-likeness (QED) is 0.779. The Morgan fingerprint density at radius 3 is 2.81 bits per heavy atom. The molecule has 0 aliphatic carbocycles. The molecule has 26 heavy (non-hydrogen) atoms. The molecule has 3 rings (SSSR count). The highest BCUT2D eigenvalue weighted by molar-refractivity contribution is 6.30. The van der Waals surface area contributed by atoms with Crippen LogP contribution in [0.15, 0.2) is 42.5 Å². The van der Waals surface area contributed by atoms with E-state index in [1.54, 1.807) is 42.5 Å². The van der Waals surface area contributed by atoms with E-state index in [4.69, 9.17) is 30.5 Å². The monoisotopic (exact) mass is 377 g/mol. The van der Waals surface area contributed by atoms with Gasteiger partial charge in [0.25, 0.3) is 5.91 Å². The number of nitrogens with one attached hydrogen (secondary N) is 1.